The summed E-state index contributed by atoms with van der Waals surface area (Å²) in [6.07, 6.45) is 3.99. The van der Waals surface area contributed by atoms with E-state index in [9.17, 15) is 4.79 Å². The van der Waals surface area contributed by atoms with E-state index in [1.54, 1.807) is 10.9 Å². The van der Waals surface area contributed by atoms with Gasteiger partial charge in [0, 0.05) is 18.8 Å². The third-order valence-corrected chi connectivity index (χ3v) is 3.30. The maximum Gasteiger partial charge on any atom is 0.244 e. The van der Waals surface area contributed by atoms with Gasteiger partial charge in [-0.1, -0.05) is 0 Å². The van der Waals surface area contributed by atoms with Gasteiger partial charge in [-0.25, -0.2) is 0 Å². The molecule has 1 fully saturated rings. The number of nitrogen functional groups attached to an aromatic ring is 1. The highest BCUT2D eigenvalue weighted by molar-refractivity contribution is 9.10. The van der Waals surface area contributed by atoms with E-state index in [-0.39, 0.29) is 12.5 Å². The largest absolute Gasteiger partial charge is 0.381 e. The second-order valence-electron chi connectivity index (χ2n) is 3.97. The van der Waals surface area contributed by atoms with Crippen molar-refractivity contribution in [2.45, 2.75) is 32.4 Å². The molecule has 0 unspecified atom stereocenters. The summed E-state index contributed by atoms with van der Waals surface area (Å²) in [6, 6.07) is 0.453. The van der Waals surface area contributed by atoms with Crippen LogP contribution in [0.25, 0.3) is 0 Å². The Balaban J connectivity index is 2.00. The third-order valence-electron chi connectivity index (χ3n) is 2.69. The van der Waals surface area contributed by atoms with Crippen LogP contribution in [0.2, 0.25) is 0 Å². The van der Waals surface area contributed by atoms with E-state index in [1.807, 2.05) is 11.8 Å². The first-order chi connectivity index (χ1) is 7.61. The fraction of sp³-hybridized carbons (Fsp3) is 0.600. The minimum atomic E-state index is 0.111. The van der Waals surface area contributed by atoms with Gasteiger partial charge in [0.2, 0.25) is 5.91 Å². The molecule has 1 saturated carbocycles. The first-order valence-corrected chi connectivity index (χ1v) is 6.19. The Morgan fingerprint density at radius 3 is 2.88 bits per heavy atom. The number of hydrogen-bond donors (Lipinski definition) is 1. The van der Waals surface area contributed by atoms with E-state index in [2.05, 4.69) is 21.0 Å². The van der Waals surface area contributed by atoms with E-state index in [1.165, 1.54) is 0 Å². The summed E-state index contributed by atoms with van der Waals surface area (Å²) in [5, 5.41) is 4.05. The number of carbonyl (C=O) groups excluding carboxylic acids is 1. The lowest BCUT2D eigenvalue weighted by Gasteiger charge is -2.20. The average molecular weight is 287 g/mol. The molecule has 2 N–H and O–H groups in total. The molecule has 1 aliphatic carbocycles. The number of likely N-dealkylation sites (N-methyl/N-ethyl adjacent to an activating group) is 1. The highest BCUT2D eigenvalue weighted by Crippen LogP contribution is 2.26. The van der Waals surface area contributed by atoms with Gasteiger partial charge in [-0.2, -0.15) is 5.10 Å². The minimum absolute atomic E-state index is 0.111. The fourth-order valence-electron chi connectivity index (χ4n) is 1.75. The number of aromatic nitrogens is 2. The Morgan fingerprint density at radius 2 is 2.44 bits per heavy atom. The molecule has 1 aliphatic rings. The van der Waals surface area contributed by atoms with Gasteiger partial charge in [-0.05, 0) is 35.7 Å². The highest BCUT2D eigenvalue weighted by Gasteiger charge is 2.31. The first-order valence-electron chi connectivity index (χ1n) is 5.39. The highest BCUT2D eigenvalue weighted by atomic mass is 79.9. The van der Waals surface area contributed by atoms with E-state index in [0.717, 1.165) is 23.9 Å². The Bertz CT molecular complexity index is 380. The quantitative estimate of drug-likeness (QED) is 0.906. The molecule has 0 aromatic carbocycles. The number of carbonyl (C=O) groups is 1. The summed E-state index contributed by atoms with van der Waals surface area (Å²) < 4.78 is 2.31. The summed E-state index contributed by atoms with van der Waals surface area (Å²) >= 11 is 3.27. The lowest BCUT2D eigenvalue weighted by atomic mass is 10.4. The topological polar surface area (TPSA) is 64.2 Å². The Labute approximate surface area is 103 Å². The number of nitrogens with zero attached hydrogens (tertiary/aromatic N) is 3. The van der Waals surface area contributed by atoms with Gasteiger partial charge in [0.25, 0.3) is 0 Å². The standard InChI is InChI=1S/C10H15BrN4O/c1-2-15(7-3-4-7)9(16)6-14-5-8(11)10(12)13-14/h5,7H,2-4,6H2,1H3,(H2,12,13). The molecule has 0 aliphatic heterocycles. The molecule has 16 heavy (non-hydrogen) atoms. The zero-order valence-electron chi connectivity index (χ0n) is 9.19. The summed E-state index contributed by atoms with van der Waals surface area (Å²) in [4.78, 5) is 13.9. The molecule has 0 radical (unpaired) electrons. The van der Waals surface area contributed by atoms with Crippen molar-refractivity contribution in [2.75, 3.05) is 12.3 Å². The van der Waals surface area contributed by atoms with Crippen molar-refractivity contribution in [2.24, 2.45) is 0 Å². The van der Waals surface area contributed by atoms with Gasteiger partial charge in [-0.3, -0.25) is 9.48 Å². The number of rotatable bonds is 4. The van der Waals surface area contributed by atoms with E-state index in [0.29, 0.717) is 11.9 Å². The van der Waals surface area contributed by atoms with Crippen LogP contribution in [-0.2, 0) is 11.3 Å². The Morgan fingerprint density at radius 1 is 1.75 bits per heavy atom. The predicted molar refractivity (Wildman–Crippen MR) is 64.7 cm³/mol. The molecule has 0 atom stereocenters. The number of amides is 1. The fourth-order valence-corrected chi connectivity index (χ4v) is 2.06. The maximum atomic E-state index is 12.0. The van der Waals surface area contributed by atoms with E-state index < -0.39 is 0 Å². The second kappa shape index (κ2) is 4.45. The summed E-state index contributed by atoms with van der Waals surface area (Å²) in [5.41, 5.74) is 5.59. The number of nitrogens with two attached hydrogens (primary N) is 1. The molecule has 1 amide bonds. The van der Waals surface area contributed by atoms with Gasteiger partial charge >= 0.3 is 0 Å². The van der Waals surface area contributed by atoms with Gasteiger partial charge in [0.05, 0.1) is 4.47 Å². The lowest BCUT2D eigenvalue weighted by molar-refractivity contribution is -0.132. The van der Waals surface area contributed by atoms with Crippen molar-refractivity contribution >= 4 is 27.7 Å². The van der Waals surface area contributed by atoms with Gasteiger partial charge < -0.3 is 10.6 Å². The molecule has 6 heteroatoms. The number of hydrogen-bond acceptors (Lipinski definition) is 3. The molecule has 0 saturated heterocycles. The predicted octanol–water partition coefficient (Wildman–Crippen LogP) is 1.24. The van der Waals surface area contributed by atoms with Crippen molar-refractivity contribution in [3.05, 3.63) is 10.7 Å². The van der Waals surface area contributed by atoms with Crippen LogP contribution in [0.15, 0.2) is 10.7 Å². The molecule has 1 aromatic heterocycles. The average Bonchev–Trinajstić information content (AvgIpc) is 2.97. The van der Waals surface area contributed by atoms with Crippen molar-refractivity contribution in [1.29, 1.82) is 0 Å². The maximum absolute atomic E-state index is 12.0. The van der Waals surface area contributed by atoms with Crippen LogP contribution < -0.4 is 5.73 Å². The number of halogens is 1. The summed E-state index contributed by atoms with van der Waals surface area (Å²) in [7, 11) is 0. The van der Waals surface area contributed by atoms with Crippen LogP contribution in [0, 0.1) is 0 Å². The zero-order chi connectivity index (χ0) is 11.7. The SMILES string of the molecule is CCN(C(=O)Cn1cc(Br)c(N)n1)C1CC1. The third kappa shape index (κ3) is 2.37. The molecule has 1 heterocycles. The molecule has 2 rings (SSSR count). The summed E-state index contributed by atoms with van der Waals surface area (Å²) in [6.45, 7) is 3.03. The molecular formula is C10H15BrN4O. The van der Waals surface area contributed by atoms with Crippen LogP contribution in [0.3, 0.4) is 0 Å². The van der Waals surface area contributed by atoms with Crippen molar-refractivity contribution in [3.63, 3.8) is 0 Å². The van der Waals surface area contributed by atoms with E-state index >= 15 is 0 Å². The van der Waals surface area contributed by atoms with Crippen molar-refractivity contribution in [3.8, 4) is 0 Å². The number of anilines is 1. The Kier molecular flexibility index (Phi) is 3.18. The zero-order valence-corrected chi connectivity index (χ0v) is 10.8. The molecular weight excluding hydrogens is 272 g/mol. The lowest BCUT2D eigenvalue weighted by Crippen LogP contribution is -2.35. The molecule has 88 valence electrons. The normalized spacial score (nSPS) is 15.1. The monoisotopic (exact) mass is 286 g/mol. The van der Waals surface area contributed by atoms with Gasteiger partial charge in [0.15, 0.2) is 5.82 Å². The van der Waals surface area contributed by atoms with Crippen LogP contribution in [0.5, 0.6) is 0 Å². The molecule has 0 spiro atoms. The molecule has 0 bridgehead atoms. The van der Waals surface area contributed by atoms with Crippen LogP contribution in [0.4, 0.5) is 5.82 Å². The molecule has 1 aromatic rings. The first kappa shape index (κ1) is 11.4. The summed E-state index contributed by atoms with van der Waals surface area (Å²) in [5.74, 6) is 0.530. The van der Waals surface area contributed by atoms with Gasteiger partial charge in [0.1, 0.15) is 6.54 Å². The van der Waals surface area contributed by atoms with Crippen molar-refractivity contribution in [1.82, 2.24) is 14.7 Å². The van der Waals surface area contributed by atoms with Crippen LogP contribution >= 0.6 is 15.9 Å². The Hall–Kier alpha value is -1.04. The van der Waals surface area contributed by atoms with Crippen LogP contribution in [0.1, 0.15) is 19.8 Å². The smallest absolute Gasteiger partial charge is 0.244 e. The van der Waals surface area contributed by atoms with Crippen molar-refractivity contribution < 1.29 is 4.79 Å². The van der Waals surface area contributed by atoms with Gasteiger partial charge in [-0.15, -0.1) is 0 Å². The van der Waals surface area contributed by atoms with E-state index in [4.69, 9.17) is 5.73 Å². The second-order valence-corrected chi connectivity index (χ2v) is 4.83. The minimum Gasteiger partial charge on any atom is -0.381 e. The molecule has 5 nitrogen and oxygen atoms in total. The van der Waals surface area contributed by atoms with Crippen LogP contribution in [-0.4, -0.2) is 33.2 Å².